The van der Waals surface area contributed by atoms with E-state index in [1.807, 2.05) is 6.08 Å². The molecule has 42 valence electrons. The third-order valence-electron chi connectivity index (χ3n) is 0.630. The molecule has 0 atom stereocenters. The van der Waals surface area contributed by atoms with Crippen LogP contribution in [0.4, 0.5) is 0 Å². The van der Waals surface area contributed by atoms with Gasteiger partial charge in [0.15, 0.2) is 0 Å². The first kappa shape index (κ1) is 7.22. The molecule has 7 heavy (non-hydrogen) atoms. The predicted octanol–water partition coefficient (Wildman–Crippen LogP) is 2.74. The maximum atomic E-state index is 3.62. The molecule has 0 aromatic heterocycles. The summed E-state index contributed by atoms with van der Waals surface area (Å²) in [7, 11) is 0. The van der Waals surface area contributed by atoms with Crippen molar-refractivity contribution in [2.45, 2.75) is 24.6 Å². The van der Waals surface area contributed by atoms with Gasteiger partial charge in [-0.25, -0.2) is 0 Å². The van der Waals surface area contributed by atoms with E-state index < -0.39 is 0 Å². The standard InChI is InChI=1S/C6H11Br/c1-4-5-6(2,3)7/h4H,1,5H2,2-3H3. The molecule has 0 spiro atoms. The van der Waals surface area contributed by atoms with E-state index in [9.17, 15) is 0 Å². The minimum absolute atomic E-state index is 0.245. The highest BCUT2D eigenvalue weighted by atomic mass is 79.9. The number of allylic oxidation sites excluding steroid dienone is 1. The molecular formula is C6H11Br. The summed E-state index contributed by atoms with van der Waals surface area (Å²) < 4.78 is 0.245. The Hall–Kier alpha value is 0.220. The molecule has 0 aromatic rings. The van der Waals surface area contributed by atoms with Crippen molar-refractivity contribution in [3.8, 4) is 0 Å². The lowest BCUT2D eigenvalue weighted by Gasteiger charge is -2.10. The van der Waals surface area contributed by atoms with E-state index in [2.05, 4.69) is 36.4 Å². The predicted molar refractivity (Wildman–Crippen MR) is 37.8 cm³/mol. The van der Waals surface area contributed by atoms with E-state index in [-0.39, 0.29) is 4.32 Å². The summed E-state index contributed by atoms with van der Waals surface area (Å²) in [5, 5.41) is 0. The first-order chi connectivity index (χ1) is 3.06. The Labute approximate surface area is 53.7 Å². The van der Waals surface area contributed by atoms with Gasteiger partial charge in [0.2, 0.25) is 0 Å². The zero-order valence-electron chi connectivity index (χ0n) is 4.87. The van der Waals surface area contributed by atoms with Crippen LogP contribution >= 0.6 is 15.9 Å². The number of hydrogen-bond donors (Lipinski definition) is 0. The van der Waals surface area contributed by atoms with Gasteiger partial charge in [-0.3, -0.25) is 0 Å². The molecule has 0 saturated heterocycles. The highest BCUT2D eigenvalue weighted by molar-refractivity contribution is 9.10. The molecule has 0 N–H and O–H groups in total. The lowest BCUT2D eigenvalue weighted by atomic mass is 10.1. The summed E-state index contributed by atoms with van der Waals surface area (Å²) in [5.41, 5.74) is 0. The minimum Gasteiger partial charge on any atom is -0.103 e. The van der Waals surface area contributed by atoms with E-state index in [0.29, 0.717) is 0 Å². The smallest absolute Gasteiger partial charge is 0.0236 e. The summed E-state index contributed by atoms with van der Waals surface area (Å²) in [6.45, 7) is 7.86. The molecule has 0 saturated carbocycles. The van der Waals surface area contributed by atoms with Crippen LogP contribution in [0.15, 0.2) is 12.7 Å². The van der Waals surface area contributed by atoms with Gasteiger partial charge in [-0.05, 0) is 20.3 Å². The number of halogens is 1. The zero-order valence-corrected chi connectivity index (χ0v) is 6.46. The lowest BCUT2D eigenvalue weighted by Crippen LogP contribution is -2.05. The summed E-state index contributed by atoms with van der Waals surface area (Å²) in [6, 6.07) is 0. The van der Waals surface area contributed by atoms with Crippen molar-refractivity contribution >= 4 is 15.9 Å². The van der Waals surface area contributed by atoms with Crippen LogP contribution in [0.3, 0.4) is 0 Å². The molecule has 0 aliphatic carbocycles. The molecule has 0 amide bonds. The molecule has 0 fully saturated rings. The highest BCUT2D eigenvalue weighted by Gasteiger charge is 2.07. The van der Waals surface area contributed by atoms with Crippen LogP contribution in [-0.4, -0.2) is 4.32 Å². The van der Waals surface area contributed by atoms with Crippen LogP contribution in [0.2, 0.25) is 0 Å². The van der Waals surface area contributed by atoms with E-state index in [1.54, 1.807) is 0 Å². The summed E-state index contributed by atoms with van der Waals surface area (Å²) >= 11 is 3.47. The van der Waals surface area contributed by atoms with Crippen molar-refractivity contribution in [1.29, 1.82) is 0 Å². The van der Waals surface area contributed by atoms with Crippen molar-refractivity contribution in [2.24, 2.45) is 0 Å². The summed E-state index contributed by atoms with van der Waals surface area (Å²) in [5.74, 6) is 0. The lowest BCUT2D eigenvalue weighted by molar-refractivity contribution is 0.745. The van der Waals surface area contributed by atoms with Crippen molar-refractivity contribution in [3.05, 3.63) is 12.7 Å². The van der Waals surface area contributed by atoms with Gasteiger partial charge in [0.05, 0.1) is 0 Å². The number of alkyl halides is 1. The largest absolute Gasteiger partial charge is 0.103 e. The first-order valence-corrected chi connectivity index (χ1v) is 3.15. The van der Waals surface area contributed by atoms with Crippen molar-refractivity contribution in [2.75, 3.05) is 0 Å². The number of rotatable bonds is 2. The molecule has 0 radical (unpaired) electrons. The van der Waals surface area contributed by atoms with Gasteiger partial charge in [0.25, 0.3) is 0 Å². The zero-order chi connectivity index (χ0) is 5.91. The molecule has 0 aromatic carbocycles. The molecule has 0 bridgehead atoms. The van der Waals surface area contributed by atoms with E-state index in [4.69, 9.17) is 0 Å². The molecule has 0 heterocycles. The molecule has 0 nitrogen and oxygen atoms in total. The molecule has 0 aliphatic rings. The number of hydrogen-bond acceptors (Lipinski definition) is 0. The minimum atomic E-state index is 0.245. The van der Waals surface area contributed by atoms with Gasteiger partial charge in [-0.2, -0.15) is 0 Å². The fourth-order valence-electron chi connectivity index (χ4n) is 0.343. The van der Waals surface area contributed by atoms with Gasteiger partial charge in [0, 0.05) is 4.32 Å². The Kier molecular flexibility index (Phi) is 2.59. The van der Waals surface area contributed by atoms with Crippen LogP contribution < -0.4 is 0 Å². The fourth-order valence-corrected chi connectivity index (χ4v) is 0.572. The maximum Gasteiger partial charge on any atom is 0.0236 e. The Morgan fingerprint density at radius 2 is 2.14 bits per heavy atom. The molecular weight excluding hydrogens is 152 g/mol. The Bertz CT molecular complexity index is 59.1. The van der Waals surface area contributed by atoms with E-state index in [0.717, 1.165) is 6.42 Å². The quantitative estimate of drug-likeness (QED) is 0.433. The van der Waals surface area contributed by atoms with Crippen LogP contribution in [-0.2, 0) is 0 Å². The normalized spacial score (nSPS) is 11.3. The van der Waals surface area contributed by atoms with E-state index in [1.165, 1.54) is 0 Å². The fraction of sp³-hybridized carbons (Fsp3) is 0.667. The third-order valence-corrected chi connectivity index (χ3v) is 0.953. The Morgan fingerprint density at radius 1 is 1.71 bits per heavy atom. The molecule has 1 heteroatoms. The van der Waals surface area contributed by atoms with Crippen molar-refractivity contribution in [1.82, 2.24) is 0 Å². The van der Waals surface area contributed by atoms with Crippen molar-refractivity contribution in [3.63, 3.8) is 0 Å². The van der Waals surface area contributed by atoms with Crippen LogP contribution in [0.25, 0.3) is 0 Å². The van der Waals surface area contributed by atoms with Crippen molar-refractivity contribution < 1.29 is 0 Å². The molecule has 0 unspecified atom stereocenters. The second kappa shape index (κ2) is 2.51. The second-order valence-electron chi connectivity index (χ2n) is 2.21. The average Bonchev–Trinajstić information content (AvgIpc) is 1.30. The van der Waals surface area contributed by atoms with Gasteiger partial charge < -0.3 is 0 Å². The second-order valence-corrected chi connectivity index (χ2v) is 4.36. The van der Waals surface area contributed by atoms with Gasteiger partial charge >= 0.3 is 0 Å². The maximum absolute atomic E-state index is 3.62. The highest BCUT2D eigenvalue weighted by Crippen LogP contribution is 2.19. The summed E-state index contributed by atoms with van der Waals surface area (Å²) in [4.78, 5) is 0. The van der Waals surface area contributed by atoms with E-state index >= 15 is 0 Å². The van der Waals surface area contributed by atoms with Crippen LogP contribution in [0.1, 0.15) is 20.3 Å². The van der Waals surface area contributed by atoms with Crippen LogP contribution in [0.5, 0.6) is 0 Å². The van der Waals surface area contributed by atoms with Gasteiger partial charge in [-0.15, -0.1) is 6.58 Å². The summed E-state index contributed by atoms with van der Waals surface area (Å²) in [6.07, 6.45) is 2.93. The third kappa shape index (κ3) is 6.22. The Balaban J connectivity index is 3.34. The van der Waals surface area contributed by atoms with Crippen LogP contribution in [0, 0.1) is 0 Å². The average molecular weight is 163 g/mol. The molecule has 0 aliphatic heterocycles. The Morgan fingerprint density at radius 3 is 2.14 bits per heavy atom. The topological polar surface area (TPSA) is 0 Å². The van der Waals surface area contributed by atoms with Gasteiger partial charge in [0.1, 0.15) is 0 Å². The molecule has 0 rings (SSSR count). The SMILES string of the molecule is C=CCC(C)(C)Br. The first-order valence-electron chi connectivity index (χ1n) is 2.36. The van der Waals surface area contributed by atoms with Gasteiger partial charge in [-0.1, -0.05) is 22.0 Å². The monoisotopic (exact) mass is 162 g/mol.